The van der Waals surface area contributed by atoms with Crippen molar-refractivity contribution in [3.63, 3.8) is 0 Å². The molecule has 1 heterocycles. The zero-order valence-electron chi connectivity index (χ0n) is 11.5. The lowest BCUT2D eigenvalue weighted by molar-refractivity contribution is 0.150. The summed E-state index contributed by atoms with van der Waals surface area (Å²) in [5.41, 5.74) is 4.68. The van der Waals surface area contributed by atoms with Gasteiger partial charge in [-0.1, -0.05) is 36.4 Å². The zero-order chi connectivity index (χ0) is 15.6. The van der Waals surface area contributed by atoms with Gasteiger partial charge in [-0.05, 0) is 29.9 Å². The van der Waals surface area contributed by atoms with Crippen molar-refractivity contribution in [2.75, 3.05) is 0 Å². The first-order valence-corrected chi connectivity index (χ1v) is 6.38. The first-order valence-electron chi connectivity index (χ1n) is 6.38. The molecule has 0 bridgehead atoms. The molecule has 7 heteroatoms. The number of phenols is 1. The highest BCUT2D eigenvalue weighted by Gasteiger charge is 1.96. The van der Waals surface area contributed by atoms with Gasteiger partial charge >= 0.3 is 0 Å². The maximum absolute atomic E-state index is 9.49. The molecule has 112 valence electrons. The first kappa shape index (κ1) is 15.2. The molecule has 0 aliphatic heterocycles. The van der Waals surface area contributed by atoms with Crippen LogP contribution in [0.4, 0.5) is 0 Å². The van der Waals surface area contributed by atoms with E-state index in [2.05, 4.69) is 15.9 Å². The van der Waals surface area contributed by atoms with Gasteiger partial charge in [-0.15, -0.1) is 4.91 Å². The van der Waals surface area contributed by atoms with E-state index in [4.69, 9.17) is 4.84 Å². The van der Waals surface area contributed by atoms with Crippen molar-refractivity contribution in [3.05, 3.63) is 71.8 Å². The second-order valence-electron chi connectivity index (χ2n) is 4.07. The normalized spacial score (nSPS) is 9.45. The van der Waals surface area contributed by atoms with Crippen molar-refractivity contribution in [1.29, 1.82) is 0 Å². The number of aromatic hydroxyl groups is 1. The van der Waals surface area contributed by atoms with Crippen LogP contribution in [0.3, 0.4) is 0 Å². The van der Waals surface area contributed by atoms with Crippen LogP contribution in [-0.4, -0.2) is 10.1 Å². The third kappa shape index (κ3) is 4.43. The van der Waals surface area contributed by atoms with Gasteiger partial charge in [0.2, 0.25) is 0 Å². The number of rotatable bonds is 4. The van der Waals surface area contributed by atoms with Gasteiger partial charge in [-0.25, -0.2) is 0 Å². The molecule has 0 saturated heterocycles. The molecule has 3 rings (SSSR count). The fourth-order valence-corrected chi connectivity index (χ4v) is 1.68. The third-order valence-electron chi connectivity index (χ3n) is 2.61. The van der Waals surface area contributed by atoms with E-state index in [1.165, 1.54) is 0 Å². The molecule has 0 atom stereocenters. The number of nitrogens with zero attached hydrogens (tertiary/aromatic N) is 2. The van der Waals surface area contributed by atoms with Crippen molar-refractivity contribution in [1.82, 2.24) is 16.1 Å². The van der Waals surface area contributed by atoms with E-state index in [1.807, 2.05) is 41.9 Å². The molecule has 0 saturated carbocycles. The van der Waals surface area contributed by atoms with Crippen LogP contribution in [0.15, 0.2) is 72.1 Å². The molecular formula is C15H14N4O3. The highest BCUT2D eigenvalue weighted by molar-refractivity contribution is 5.83. The van der Waals surface area contributed by atoms with Gasteiger partial charge in [0.1, 0.15) is 17.0 Å². The van der Waals surface area contributed by atoms with Gasteiger partial charge in [-0.2, -0.15) is 5.53 Å². The van der Waals surface area contributed by atoms with Crippen LogP contribution in [-0.2, 0) is 0 Å². The van der Waals surface area contributed by atoms with Gasteiger partial charge in [0.05, 0.1) is 5.29 Å². The average Bonchev–Trinajstić information content (AvgIpc) is 2.57. The van der Waals surface area contributed by atoms with Crippen molar-refractivity contribution in [2.45, 2.75) is 0 Å². The third-order valence-corrected chi connectivity index (χ3v) is 2.61. The van der Waals surface area contributed by atoms with E-state index in [0.717, 1.165) is 5.39 Å². The number of phenolic OH excluding ortho intramolecular Hbond substituents is 1. The molecule has 3 N–H and O–H groups in total. The molecule has 0 fully saturated rings. The number of hydrogen-bond acceptors (Lipinski definition) is 6. The summed E-state index contributed by atoms with van der Waals surface area (Å²) in [7, 11) is 0. The van der Waals surface area contributed by atoms with Gasteiger partial charge in [0.15, 0.2) is 0 Å². The summed E-state index contributed by atoms with van der Waals surface area (Å²) in [5.74, 6) is 0.840. The standard InChI is InChI=1S/C9H7NO.C6H7N3O2/c11-8-5-1-3-7-4-2-6-10-9(7)8;10-8-7-9-11-6-4-2-1-3-5-6/h1-6,11H;1-5H,(H,7,10)(H,8,9). The molecule has 0 aliphatic rings. The van der Waals surface area contributed by atoms with E-state index < -0.39 is 0 Å². The maximum atomic E-state index is 9.49. The summed E-state index contributed by atoms with van der Waals surface area (Å²) in [6.45, 7) is 0. The Balaban J connectivity index is 0.000000160. The Labute approximate surface area is 126 Å². The quantitative estimate of drug-likeness (QED) is 0.389. The zero-order valence-corrected chi connectivity index (χ0v) is 11.5. The molecule has 0 aliphatic carbocycles. The van der Waals surface area contributed by atoms with E-state index in [0.29, 0.717) is 11.3 Å². The minimum atomic E-state index is 0.239. The van der Waals surface area contributed by atoms with Gasteiger partial charge < -0.3 is 9.94 Å². The second-order valence-corrected chi connectivity index (χ2v) is 4.07. The Morgan fingerprint density at radius 3 is 2.50 bits per heavy atom. The highest BCUT2D eigenvalue weighted by atomic mass is 16.7. The molecule has 3 aromatic rings. The van der Waals surface area contributed by atoms with Crippen molar-refractivity contribution in [3.8, 4) is 11.5 Å². The number of hydrazine groups is 1. The van der Waals surface area contributed by atoms with Crippen molar-refractivity contribution in [2.24, 2.45) is 5.29 Å². The number of fused-ring (bicyclic) bond motifs is 1. The molecule has 22 heavy (non-hydrogen) atoms. The summed E-state index contributed by atoms with van der Waals surface area (Å²) >= 11 is 0. The molecular weight excluding hydrogens is 284 g/mol. The number of nitrogens with one attached hydrogen (secondary N) is 2. The molecule has 2 aromatic carbocycles. The summed E-state index contributed by atoms with van der Waals surface area (Å²) in [4.78, 5) is 18.3. The molecule has 7 nitrogen and oxygen atoms in total. The van der Waals surface area contributed by atoms with Crippen molar-refractivity contribution < 1.29 is 9.94 Å². The van der Waals surface area contributed by atoms with E-state index >= 15 is 0 Å². The maximum Gasteiger partial charge on any atom is 0.149 e. The fourth-order valence-electron chi connectivity index (χ4n) is 1.68. The van der Waals surface area contributed by atoms with E-state index in [1.54, 1.807) is 30.5 Å². The average molecular weight is 298 g/mol. The first-order chi connectivity index (χ1) is 10.8. The predicted molar refractivity (Wildman–Crippen MR) is 82.5 cm³/mol. The SMILES string of the molecule is O=NNNOc1ccccc1.Oc1cccc2cccnc12. The molecule has 0 amide bonds. The summed E-state index contributed by atoms with van der Waals surface area (Å²) in [6.07, 6.45) is 1.67. The Hall–Kier alpha value is -3.19. The monoisotopic (exact) mass is 298 g/mol. The minimum Gasteiger partial charge on any atom is -0.506 e. The minimum absolute atomic E-state index is 0.239. The van der Waals surface area contributed by atoms with Crippen molar-refractivity contribution >= 4 is 10.9 Å². The molecule has 0 unspecified atom stereocenters. The summed E-state index contributed by atoms with van der Waals surface area (Å²) < 4.78 is 0. The van der Waals surface area contributed by atoms with Crippen LogP contribution in [0.1, 0.15) is 0 Å². The number of hydrogen-bond donors (Lipinski definition) is 3. The van der Waals surface area contributed by atoms with Crippen LogP contribution >= 0.6 is 0 Å². The number of nitroso groups, excluding NO2 is 1. The lowest BCUT2D eigenvalue weighted by atomic mass is 10.2. The number of benzene rings is 2. The largest absolute Gasteiger partial charge is 0.506 e. The summed E-state index contributed by atoms with van der Waals surface area (Å²) in [5, 5.41) is 12.6. The number of aromatic nitrogens is 1. The Bertz CT molecular complexity index is 717. The Morgan fingerprint density at radius 2 is 1.77 bits per heavy atom. The van der Waals surface area contributed by atoms with Crippen LogP contribution in [0.25, 0.3) is 10.9 Å². The number of para-hydroxylation sites is 2. The molecule has 0 spiro atoms. The van der Waals surface area contributed by atoms with E-state index in [9.17, 15) is 10.0 Å². The van der Waals surface area contributed by atoms with Gasteiger partial charge in [0.25, 0.3) is 0 Å². The summed E-state index contributed by atoms with van der Waals surface area (Å²) in [6, 6.07) is 18.1. The topological polar surface area (TPSA) is 95.8 Å². The fraction of sp³-hybridized carbons (Fsp3) is 0. The lowest BCUT2D eigenvalue weighted by Crippen LogP contribution is -2.29. The van der Waals surface area contributed by atoms with Crippen LogP contribution in [0.2, 0.25) is 0 Å². The van der Waals surface area contributed by atoms with Gasteiger partial charge in [0, 0.05) is 11.6 Å². The molecule has 0 radical (unpaired) electrons. The Morgan fingerprint density at radius 1 is 1.00 bits per heavy atom. The highest BCUT2D eigenvalue weighted by Crippen LogP contribution is 2.20. The second kappa shape index (κ2) is 8.18. The Kier molecular flexibility index (Phi) is 5.65. The predicted octanol–water partition coefficient (Wildman–Crippen LogP) is 2.70. The van der Waals surface area contributed by atoms with Crippen LogP contribution < -0.4 is 16.0 Å². The molecule has 1 aromatic heterocycles. The smallest absolute Gasteiger partial charge is 0.149 e. The lowest BCUT2D eigenvalue weighted by Gasteiger charge is -2.02. The van der Waals surface area contributed by atoms with Crippen LogP contribution in [0.5, 0.6) is 11.5 Å². The van der Waals surface area contributed by atoms with Crippen LogP contribution in [0, 0.1) is 4.91 Å². The van der Waals surface area contributed by atoms with Gasteiger partial charge in [-0.3, -0.25) is 4.98 Å². The van der Waals surface area contributed by atoms with E-state index in [-0.39, 0.29) is 5.75 Å². The number of pyridine rings is 1.